The van der Waals surface area contributed by atoms with E-state index in [9.17, 15) is 18.0 Å². The van der Waals surface area contributed by atoms with Crippen molar-refractivity contribution in [1.82, 2.24) is 4.90 Å². The monoisotopic (exact) mass is 303 g/mol. The van der Waals surface area contributed by atoms with Gasteiger partial charge in [0.05, 0.1) is 18.2 Å². The maximum absolute atomic E-state index is 12.5. The summed E-state index contributed by atoms with van der Waals surface area (Å²) in [5.41, 5.74) is -0.0315. The molecule has 0 spiro atoms. The smallest absolute Gasteiger partial charge is 0.416 e. The molecule has 2 atom stereocenters. The van der Waals surface area contributed by atoms with Crippen molar-refractivity contribution in [3.05, 3.63) is 35.4 Å². The second kappa shape index (κ2) is 5.93. The molecular weight excluding hydrogens is 287 g/mol. The van der Waals surface area contributed by atoms with E-state index in [1.807, 2.05) is 0 Å². The predicted molar refractivity (Wildman–Crippen MR) is 69.0 cm³/mol. The van der Waals surface area contributed by atoms with Gasteiger partial charge in [-0.15, -0.1) is 0 Å². The molecule has 2 N–H and O–H groups in total. The first-order chi connectivity index (χ1) is 9.82. The van der Waals surface area contributed by atoms with E-state index in [0.29, 0.717) is 18.4 Å². The van der Waals surface area contributed by atoms with Gasteiger partial charge in [0.15, 0.2) is 0 Å². The van der Waals surface area contributed by atoms with Gasteiger partial charge in [0.2, 0.25) is 0 Å². The molecule has 2 rings (SSSR count). The molecule has 116 valence electrons. The number of benzene rings is 1. The lowest BCUT2D eigenvalue weighted by molar-refractivity contribution is -0.137. The number of rotatable bonds is 2. The molecule has 0 unspecified atom stereocenters. The molecule has 1 aromatic carbocycles. The van der Waals surface area contributed by atoms with Gasteiger partial charge in [-0.25, -0.2) is 4.79 Å². The molecule has 0 bridgehead atoms. The van der Waals surface area contributed by atoms with Crippen LogP contribution in [0.1, 0.15) is 29.9 Å². The highest BCUT2D eigenvalue weighted by molar-refractivity contribution is 5.65. The molecule has 7 heteroatoms. The second-order valence-electron chi connectivity index (χ2n) is 5.17. The van der Waals surface area contributed by atoms with Crippen molar-refractivity contribution in [3.63, 3.8) is 0 Å². The maximum Gasteiger partial charge on any atom is 0.416 e. The number of likely N-dealkylation sites (tertiary alicyclic amines) is 1. The average Bonchev–Trinajstić information content (AvgIpc) is 2.45. The van der Waals surface area contributed by atoms with Gasteiger partial charge in [0.1, 0.15) is 0 Å². The van der Waals surface area contributed by atoms with Crippen molar-refractivity contribution in [2.24, 2.45) is 0 Å². The first-order valence-corrected chi connectivity index (χ1v) is 6.60. The summed E-state index contributed by atoms with van der Waals surface area (Å²) in [6, 6.07) is 4.38. The van der Waals surface area contributed by atoms with E-state index >= 15 is 0 Å². The molecule has 0 aliphatic carbocycles. The lowest BCUT2D eigenvalue weighted by Crippen LogP contribution is -2.47. The van der Waals surface area contributed by atoms with Gasteiger partial charge in [-0.3, -0.25) is 0 Å². The van der Waals surface area contributed by atoms with Crippen LogP contribution in [0.2, 0.25) is 0 Å². The third-order valence-electron chi connectivity index (χ3n) is 3.87. The molecule has 1 aliphatic rings. The average molecular weight is 303 g/mol. The Bertz CT molecular complexity index is 501. The van der Waals surface area contributed by atoms with E-state index in [1.165, 1.54) is 12.1 Å². The predicted octanol–water partition coefficient (Wildman–Crippen LogP) is 2.92. The number of alkyl halides is 3. The fourth-order valence-electron chi connectivity index (χ4n) is 2.67. The van der Waals surface area contributed by atoms with Gasteiger partial charge in [-0.05, 0) is 30.5 Å². The van der Waals surface area contributed by atoms with Crippen LogP contribution in [0.15, 0.2) is 24.3 Å². The van der Waals surface area contributed by atoms with Crippen LogP contribution in [-0.2, 0) is 6.18 Å². The first kappa shape index (κ1) is 15.6. The minimum Gasteiger partial charge on any atom is -0.465 e. The SMILES string of the molecule is O=C(O)N1C[C@@H](c2ccc(C(F)(F)F)cc2)CC[C@H]1CO. The van der Waals surface area contributed by atoms with Gasteiger partial charge < -0.3 is 15.1 Å². The normalized spacial score (nSPS) is 23.1. The van der Waals surface area contributed by atoms with Gasteiger partial charge >= 0.3 is 12.3 Å². The minimum absolute atomic E-state index is 0.147. The van der Waals surface area contributed by atoms with E-state index < -0.39 is 23.9 Å². The zero-order valence-electron chi connectivity index (χ0n) is 11.2. The molecule has 1 fully saturated rings. The van der Waals surface area contributed by atoms with Crippen molar-refractivity contribution in [2.45, 2.75) is 31.0 Å². The van der Waals surface area contributed by atoms with Crippen molar-refractivity contribution in [3.8, 4) is 0 Å². The van der Waals surface area contributed by atoms with E-state index in [0.717, 1.165) is 17.0 Å². The Hall–Kier alpha value is -1.76. The number of hydrogen-bond donors (Lipinski definition) is 2. The molecule has 1 heterocycles. The van der Waals surface area contributed by atoms with Crippen molar-refractivity contribution in [1.29, 1.82) is 0 Å². The number of carbonyl (C=O) groups is 1. The molecule has 0 saturated carbocycles. The summed E-state index contributed by atoms with van der Waals surface area (Å²) in [4.78, 5) is 12.3. The molecule has 4 nitrogen and oxygen atoms in total. The Kier molecular flexibility index (Phi) is 4.41. The van der Waals surface area contributed by atoms with Gasteiger partial charge in [0.25, 0.3) is 0 Å². The molecule has 1 aliphatic heterocycles. The van der Waals surface area contributed by atoms with Crippen LogP contribution in [0.25, 0.3) is 0 Å². The zero-order valence-corrected chi connectivity index (χ0v) is 11.2. The quantitative estimate of drug-likeness (QED) is 0.883. The summed E-state index contributed by atoms with van der Waals surface area (Å²) in [5, 5.41) is 18.3. The number of amides is 1. The Morgan fingerprint density at radius 3 is 2.33 bits per heavy atom. The van der Waals surface area contributed by atoms with E-state index in [4.69, 9.17) is 10.2 Å². The summed E-state index contributed by atoms with van der Waals surface area (Å²) < 4.78 is 37.5. The summed E-state index contributed by atoms with van der Waals surface area (Å²) >= 11 is 0. The highest BCUT2D eigenvalue weighted by Crippen LogP contribution is 2.33. The highest BCUT2D eigenvalue weighted by Gasteiger charge is 2.33. The molecule has 0 aromatic heterocycles. The lowest BCUT2D eigenvalue weighted by atomic mass is 9.87. The Balaban J connectivity index is 2.14. The number of carboxylic acid groups (broad SMARTS) is 1. The summed E-state index contributed by atoms with van der Waals surface area (Å²) in [6.45, 7) is -0.0576. The fraction of sp³-hybridized carbons (Fsp3) is 0.500. The number of aliphatic hydroxyl groups excluding tert-OH is 1. The number of nitrogens with zero attached hydrogens (tertiary/aromatic N) is 1. The summed E-state index contributed by atoms with van der Waals surface area (Å²) in [6.07, 6.45) is -4.36. The van der Waals surface area contributed by atoms with Crippen LogP contribution < -0.4 is 0 Å². The number of hydrogen-bond acceptors (Lipinski definition) is 2. The number of halogens is 3. The molecule has 1 amide bonds. The highest BCUT2D eigenvalue weighted by atomic mass is 19.4. The number of aliphatic hydroxyl groups is 1. The van der Waals surface area contributed by atoms with Crippen LogP contribution in [0.5, 0.6) is 0 Å². The third-order valence-corrected chi connectivity index (χ3v) is 3.87. The third kappa shape index (κ3) is 3.47. The van der Waals surface area contributed by atoms with Crippen LogP contribution in [-0.4, -0.2) is 40.4 Å². The fourth-order valence-corrected chi connectivity index (χ4v) is 2.67. The van der Waals surface area contributed by atoms with E-state index in [2.05, 4.69) is 0 Å². The van der Waals surface area contributed by atoms with Crippen molar-refractivity contribution < 1.29 is 28.2 Å². The van der Waals surface area contributed by atoms with Crippen LogP contribution in [0, 0.1) is 0 Å². The second-order valence-corrected chi connectivity index (χ2v) is 5.17. The van der Waals surface area contributed by atoms with Gasteiger partial charge in [-0.2, -0.15) is 13.2 Å². The number of piperidine rings is 1. The van der Waals surface area contributed by atoms with Crippen LogP contribution >= 0.6 is 0 Å². The van der Waals surface area contributed by atoms with Crippen molar-refractivity contribution >= 4 is 6.09 Å². The molecular formula is C14H16F3NO3. The molecule has 1 saturated heterocycles. The summed E-state index contributed by atoms with van der Waals surface area (Å²) in [5.74, 6) is -0.147. The largest absolute Gasteiger partial charge is 0.465 e. The van der Waals surface area contributed by atoms with Crippen LogP contribution in [0.4, 0.5) is 18.0 Å². The van der Waals surface area contributed by atoms with Gasteiger partial charge in [-0.1, -0.05) is 12.1 Å². The topological polar surface area (TPSA) is 60.8 Å². The van der Waals surface area contributed by atoms with Gasteiger partial charge in [0, 0.05) is 12.5 Å². The molecule has 21 heavy (non-hydrogen) atoms. The van der Waals surface area contributed by atoms with Crippen LogP contribution in [0.3, 0.4) is 0 Å². The Morgan fingerprint density at radius 1 is 1.24 bits per heavy atom. The Morgan fingerprint density at radius 2 is 1.86 bits per heavy atom. The molecule has 1 aromatic rings. The maximum atomic E-state index is 12.5. The summed E-state index contributed by atoms with van der Waals surface area (Å²) in [7, 11) is 0. The first-order valence-electron chi connectivity index (χ1n) is 6.60. The lowest BCUT2D eigenvalue weighted by Gasteiger charge is -2.37. The van der Waals surface area contributed by atoms with Crippen molar-refractivity contribution in [2.75, 3.05) is 13.2 Å². The minimum atomic E-state index is -4.37. The Labute approximate surface area is 119 Å². The van der Waals surface area contributed by atoms with E-state index in [1.54, 1.807) is 0 Å². The molecule has 0 radical (unpaired) electrons. The van der Waals surface area contributed by atoms with E-state index in [-0.39, 0.29) is 19.1 Å². The zero-order chi connectivity index (χ0) is 15.6. The standard InChI is InChI=1S/C14H16F3NO3/c15-14(16,17)11-4-1-9(2-5-11)10-3-6-12(8-19)18(7-10)13(20)21/h1-2,4-5,10,12,19H,3,6-8H2,(H,20,21)/t10-,12-/m0/s1.